The van der Waals surface area contributed by atoms with E-state index in [0.717, 1.165) is 12.3 Å². The Kier molecular flexibility index (Phi) is 4.02. The molecule has 124 valence electrons. The van der Waals surface area contributed by atoms with Crippen LogP contribution in [0.5, 0.6) is 0 Å². The second-order valence-corrected chi connectivity index (χ2v) is 6.94. The van der Waals surface area contributed by atoms with Gasteiger partial charge in [-0.2, -0.15) is 0 Å². The number of halogens is 2. The monoisotopic (exact) mass is 351 g/mol. The molecule has 1 aromatic carbocycles. The van der Waals surface area contributed by atoms with E-state index in [4.69, 9.17) is 0 Å². The molecule has 0 fully saturated rings. The number of rotatable bonds is 4. The normalized spacial score (nSPS) is 11.6. The summed E-state index contributed by atoms with van der Waals surface area (Å²) in [4.78, 5) is 17.9. The number of aromatic nitrogens is 2. The Balaban J connectivity index is 1.90. The molecule has 0 radical (unpaired) electrons. The molecule has 0 saturated carbocycles. The second-order valence-electron chi connectivity index (χ2n) is 4.99. The van der Waals surface area contributed by atoms with Crippen LogP contribution in [0.3, 0.4) is 0 Å². The molecule has 0 aliphatic rings. The van der Waals surface area contributed by atoms with Crippen LogP contribution in [0.15, 0.2) is 47.6 Å². The summed E-state index contributed by atoms with van der Waals surface area (Å²) >= 11 is 0. The molecule has 2 heterocycles. The number of benzene rings is 1. The van der Waals surface area contributed by atoms with Crippen LogP contribution in [0.25, 0.3) is 10.9 Å². The number of hydrogen-bond acceptors (Lipinski definition) is 4. The second kappa shape index (κ2) is 6.00. The van der Waals surface area contributed by atoms with Crippen molar-refractivity contribution in [2.24, 2.45) is 0 Å². The van der Waals surface area contributed by atoms with E-state index in [9.17, 15) is 22.0 Å². The van der Waals surface area contributed by atoms with Gasteiger partial charge < -0.3 is 10.3 Å². The third-order valence-electron chi connectivity index (χ3n) is 3.25. The van der Waals surface area contributed by atoms with Gasteiger partial charge in [0.1, 0.15) is 23.2 Å². The minimum Gasteiger partial charge on any atom is -0.360 e. The highest BCUT2D eigenvalue weighted by Crippen LogP contribution is 2.27. The van der Waals surface area contributed by atoms with E-state index in [0.29, 0.717) is 6.07 Å². The zero-order valence-electron chi connectivity index (χ0n) is 12.1. The van der Waals surface area contributed by atoms with Gasteiger partial charge in [-0.05, 0) is 18.2 Å². The van der Waals surface area contributed by atoms with Crippen LogP contribution in [0.4, 0.5) is 14.6 Å². The summed E-state index contributed by atoms with van der Waals surface area (Å²) in [6.45, 7) is 0. The SMILES string of the molecule is O=C(CS(=O)(=O)c1c[nH]c2cc(F)cc(F)c12)Nc1ccccn1. The number of aromatic amines is 1. The van der Waals surface area contributed by atoms with Crippen LogP contribution in [-0.2, 0) is 14.6 Å². The van der Waals surface area contributed by atoms with Crippen LogP contribution in [0.1, 0.15) is 0 Å². The minimum atomic E-state index is -4.13. The number of sulfone groups is 1. The van der Waals surface area contributed by atoms with E-state index in [1.807, 2.05) is 0 Å². The summed E-state index contributed by atoms with van der Waals surface area (Å²) in [6.07, 6.45) is 2.48. The van der Waals surface area contributed by atoms with Gasteiger partial charge in [-0.25, -0.2) is 22.2 Å². The zero-order valence-corrected chi connectivity index (χ0v) is 12.9. The van der Waals surface area contributed by atoms with Gasteiger partial charge in [0, 0.05) is 18.5 Å². The lowest BCUT2D eigenvalue weighted by atomic mass is 10.2. The van der Waals surface area contributed by atoms with E-state index >= 15 is 0 Å². The number of fused-ring (bicyclic) bond motifs is 1. The molecule has 2 N–H and O–H groups in total. The summed E-state index contributed by atoms with van der Waals surface area (Å²) < 4.78 is 51.9. The molecule has 24 heavy (non-hydrogen) atoms. The van der Waals surface area contributed by atoms with Gasteiger partial charge in [0.25, 0.3) is 0 Å². The Morgan fingerprint density at radius 1 is 1.25 bits per heavy atom. The molecule has 9 heteroatoms. The first-order valence-corrected chi connectivity index (χ1v) is 8.42. The molecular weight excluding hydrogens is 340 g/mol. The quantitative estimate of drug-likeness (QED) is 0.754. The number of H-pyrrole nitrogens is 1. The van der Waals surface area contributed by atoms with Crippen LogP contribution < -0.4 is 5.32 Å². The number of carbonyl (C=O) groups excluding carboxylic acids is 1. The first-order valence-electron chi connectivity index (χ1n) is 6.76. The number of nitrogens with zero attached hydrogens (tertiary/aromatic N) is 1. The summed E-state index contributed by atoms with van der Waals surface area (Å²) in [5.74, 6) is -3.36. The zero-order chi connectivity index (χ0) is 17.3. The number of anilines is 1. The average Bonchev–Trinajstić information content (AvgIpc) is 2.92. The molecule has 6 nitrogen and oxygen atoms in total. The highest BCUT2D eigenvalue weighted by Gasteiger charge is 2.25. The molecule has 0 aliphatic heterocycles. The lowest BCUT2D eigenvalue weighted by molar-refractivity contribution is -0.113. The fourth-order valence-corrected chi connectivity index (χ4v) is 3.59. The molecule has 0 atom stereocenters. The molecule has 3 aromatic rings. The van der Waals surface area contributed by atoms with Gasteiger partial charge >= 0.3 is 0 Å². The van der Waals surface area contributed by atoms with Crippen molar-refractivity contribution >= 4 is 32.5 Å². The van der Waals surface area contributed by atoms with E-state index in [1.165, 1.54) is 12.3 Å². The summed E-state index contributed by atoms with van der Waals surface area (Å²) in [7, 11) is -4.13. The molecule has 0 spiro atoms. The fraction of sp³-hybridized carbons (Fsp3) is 0.0667. The van der Waals surface area contributed by atoms with Crippen molar-refractivity contribution < 1.29 is 22.0 Å². The number of nitrogens with one attached hydrogen (secondary N) is 2. The topological polar surface area (TPSA) is 91.9 Å². The smallest absolute Gasteiger partial charge is 0.241 e. The van der Waals surface area contributed by atoms with Crippen LogP contribution in [-0.4, -0.2) is 30.0 Å². The van der Waals surface area contributed by atoms with Crippen molar-refractivity contribution in [3.05, 3.63) is 54.4 Å². The molecular formula is C15H11F2N3O3S. The Bertz CT molecular complexity index is 1020. The average molecular weight is 351 g/mol. The summed E-state index contributed by atoms with van der Waals surface area (Å²) in [5, 5.41) is 2.06. The molecule has 1 amide bonds. The molecule has 0 aliphatic carbocycles. The van der Waals surface area contributed by atoms with E-state index in [2.05, 4.69) is 15.3 Å². The Labute approximate surface area is 135 Å². The fourth-order valence-electron chi connectivity index (χ4n) is 2.26. The van der Waals surface area contributed by atoms with Crippen molar-refractivity contribution in [1.82, 2.24) is 9.97 Å². The number of hydrogen-bond donors (Lipinski definition) is 2. The van der Waals surface area contributed by atoms with Crippen molar-refractivity contribution in [2.45, 2.75) is 4.90 Å². The number of pyridine rings is 1. The molecule has 0 unspecified atom stereocenters. The summed E-state index contributed by atoms with van der Waals surface area (Å²) in [5.41, 5.74) is -0.00351. The molecule has 0 saturated heterocycles. The highest BCUT2D eigenvalue weighted by atomic mass is 32.2. The predicted octanol–water partition coefficient (Wildman–Crippen LogP) is 2.25. The van der Waals surface area contributed by atoms with Gasteiger partial charge in [-0.15, -0.1) is 0 Å². The van der Waals surface area contributed by atoms with E-state index in [1.54, 1.807) is 12.1 Å². The lowest BCUT2D eigenvalue weighted by Gasteiger charge is -2.05. The van der Waals surface area contributed by atoms with Crippen LogP contribution in [0, 0.1) is 11.6 Å². The maximum Gasteiger partial charge on any atom is 0.241 e. The maximum absolute atomic E-state index is 13.9. The van der Waals surface area contributed by atoms with E-state index < -0.39 is 38.0 Å². The van der Waals surface area contributed by atoms with Gasteiger partial charge in [-0.1, -0.05) is 6.07 Å². The maximum atomic E-state index is 13.9. The Morgan fingerprint density at radius 2 is 2.04 bits per heavy atom. The Morgan fingerprint density at radius 3 is 2.75 bits per heavy atom. The molecule has 0 bridgehead atoms. The van der Waals surface area contributed by atoms with Gasteiger partial charge in [0.15, 0.2) is 9.84 Å². The van der Waals surface area contributed by atoms with Gasteiger partial charge in [0.2, 0.25) is 5.91 Å². The van der Waals surface area contributed by atoms with Gasteiger partial charge in [-0.3, -0.25) is 4.79 Å². The van der Waals surface area contributed by atoms with E-state index in [-0.39, 0.29) is 16.7 Å². The van der Waals surface area contributed by atoms with Gasteiger partial charge in [0.05, 0.1) is 15.8 Å². The third kappa shape index (κ3) is 3.11. The Hall–Kier alpha value is -2.81. The first kappa shape index (κ1) is 16.1. The highest BCUT2D eigenvalue weighted by molar-refractivity contribution is 7.92. The van der Waals surface area contributed by atoms with Crippen LogP contribution >= 0.6 is 0 Å². The number of carbonyl (C=O) groups is 1. The van der Waals surface area contributed by atoms with Crippen molar-refractivity contribution in [3.63, 3.8) is 0 Å². The predicted molar refractivity (Wildman–Crippen MR) is 83.1 cm³/mol. The third-order valence-corrected chi connectivity index (χ3v) is 4.88. The number of amides is 1. The summed E-state index contributed by atoms with van der Waals surface area (Å²) in [6, 6.07) is 6.33. The van der Waals surface area contributed by atoms with Crippen molar-refractivity contribution in [1.29, 1.82) is 0 Å². The van der Waals surface area contributed by atoms with Crippen LogP contribution in [0.2, 0.25) is 0 Å². The molecule has 2 aromatic heterocycles. The lowest BCUT2D eigenvalue weighted by Crippen LogP contribution is -2.23. The standard InChI is InChI=1S/C15H11F2N3O3S/c16-9-5-10(17)15-11(6-9)19-7-12(15)24(22,23)8-14(21)20-13-3-1-2-4-18-13/h1-7,19H,8H2,(H,18,20,21). The minimum absolute atomic E-state index is 0.00351. The van der Waals surface area contributed by atoms with Crippen molar-refractivity contribution in [3.8, 4) is 0 Å². The first-order chi connectivity index (χ1) is 11.4. The molecule has 3 rings (SSSR count). The largest absolute Gasteiger partial charge is 0.360 e. The van der Waals surface area contributed by atoms with Crippen molar-refractivity contribution in [2.75, 3.05) is 11.1 Å².